The molecule has 0 saturated carbocycles. The molecule has 1 aromatic heterocycles. The molecule has 2 N–H and O–H groups in total. The Labute approximate surface area is 134 Å². The first-order valence-corrected chi connectivity index (χ1v) is 8.84. The number of aliphatic carboxylic acids is 1. The van der Waals surface area contributed by atoms with Crippen molar-refractivity contribution in [3.63, 3.8) is 0 Å². The summed E-state index contributed by atoms with van der Waals surface area (Å²) >= 11 is 4.20. The topological polar surface area (TPSA) is 110 Å². The lowest BCUT2D eigenvalue weighted by atomic mass is 10.2. The van der Waals surface area contributed by atoms with E-state index >= 15 is 0 Å². The molecule has 0 bridgehead atoms. The number of thiophene rings is 1. The van der Waals surface area contributed by atoms with Crippen LogP contribution in [-0.4, -0.2) is 38.6 Å². The molecule has 0 saturated heterocycles. The summed E-state index contributed by atoms with van der Waals surface area (Å²) in [5.74, 6) is -1.95. The van der Waals surface area contributed by atoms with Crippen LogP contribution in [0.3, 0.4) is 0 Å². The molecule has 0 aromatic carbocycles. The number of carbonyl (C=O) groups excluding carboxylic acids is 1. The minimum Gasteiger partial charge on any atom is -0.480 e. The van der Waals surface area contributed by atoms with Gasteiger partial charge in [-0.05, 0) is 40.9 Å². The number of carboxylic acid groups (broad SMARTS) is 1. The van der Waals surface area contributed by atoms with Gasteiger partial charge in [-0.15, -0.1) is 11.3 Å². The van der Waals surface area contributed by atoms with E-state index in [9.17, 15) is 18.0 Å². The maximum Gasteiger partial charge on any atom is 0.321 e. The Hall–Kier alpha value is -0.970. The van der Waals surface area contributed by atoms with Gasteiger partial charge in [-0.1, -0.05) is 0 Å². The van der Waals surface area contributed by atoms with Crippen LogP contribution in [0.15, 0.2) is 14.1 Å². The zero-order valence-corrected chi connectivity index (χ0v) is 14.5. The number of methoxy groups -OCH3 is 1. The van der Waals surface area contributed by atoms with Crippen LogP contribution < -0.4 is 4.72 Å². The first kappa shape index (κ1) is 18.1. The molecule has 0 amide bonds. The second-order valence-electron chi connectivity index (χ2n) is 4.15. The molecule has 0 aliphatic heterocycles. The van der Waals surface area contributed by atoms with Crippen molar-refractivity contribution >= 4 is 49.2 Å². The number of hydrogen-bond donors (Lipinski definition) is 2. The molecule has 1 atom stereocenters. The fourth-order valence-corrected chi connectivity index (χ4v) is 4.87. The summed E-state index contributed by atoms with van der Waals surface area (Å²) in [7, 11) is -2.78. The van der Waals surface area contributed by atoms with Gasteiger partial charge in [-0.3, -0.25) is 9.59 Å². The lowest BCUT2D eigenvalue weighted by molar-refractivity contribution is -0.142. The van der Waals surface area contributed by atoms with Crippen LogP contribution in [0.1, 0.15) is 18.4 Å². The summed E-state index contributed by atoms with van der Waals surface area (Å²) in [5.41, 5.74) is 0.738. The number of esters is 1. The molecule has 0 unspecified atom stereocenters. The summed E-state index contributed by atoms with van der Waals surface area (Å²) in [6, 6.07) is 0.0475. The van der Waals surface area contributed by atoms with Crippen LogP contribution in [0.4, 0.5) is 0 Å². The van der Waals surface area contributed by atoms with Crippen molar-refractivity contribution in [2.75, 3.05) is 7.11 Å². The second kappa shape index (κ2) is 7.34. The third-order valence-corrected chi connectivity index (χ3v) is 6.64. The second-order valence-corrected chi connectivity index (χ2v) is 8.46. The van der Waals surface area contributed by atoms with Crippen LogP contribution in [0.2, 0.25) is 0 Å². The quantitative estimate of drug-likeness (QED) is 0.672. The Balaban J connectivity index is 2.87. The predicted molar refractivity (Wildman–Crippen MR) is 79.8 cm³/mol. The Morgan fingerprint density at radius 1 is 1.52 bits per heavy atom. The van der Waals surface area contributed by atoms with E-state index in [0.717, 1.165) is 16.9 Å². The molecular weight excluding hydrogens is 386 g/mol. The number of sulfonamides is 1. The third kappa shape index (κ3) is 5.06. The number of nitrogens with one attached hydrogen (secondary N) is 1. The van der Waals surface area contributed by atoms with Gasteiger partial charge in [-0.2, -0.15) is 4.72 Å². The van der Waals surface area contributed by atoms with E-state index in [2.05, 4.69) is 25.4 Å². The molecule has 1 aromatic rings. The zero-order valence-electron chi connectivity index (χ0n) is 11.3. The molecule has 1 rings (SSSR count). The van der Waals surface area contributed by atoms with Crippen molar-refractivity contribution < 1.29 is 27.9 Å². The van der Waals surface area contributed by atoms with E-state index in [0.29, 0.717) is 3.79 Å². The van der Waals surface area contributed by atoms with E-state index in [1.165, 1.54) is 13.2 Å². The Morgan fingerprint density at radius 2 is 2.14 bits per heavy atom. The molecule has 10 heteroatoms. The third-order valence-electron chi connectivity index (χ3n) is 2.56. The molecule has 0 spiro atoms. The van der Waals surface area contributed by atoms with Crippen molar-refractivity contribution in [3.05, 3.63) is 15.4 Å². The van der Waals surface area contributed by atoms with E-state index < -0.39 is 28.0 Å². The zero-order chi connectivity index (χ0) is 16.2. The van der Waals surface area contributed by atoms with Gasteiger partial charge in [0.25, 0.3) is 10.0 Å². The number of ether oxygens (including phenoxy) is 1. The fourth-order valence-electron chi connectivity index (χ4n) is 1.41. The molecule has 0 fully saturated rings. The number of rotatable bonds is 7. The molecule has 0 radical (unpaired) electrons. The highest BCUT2D eigenvalue weighted by Crippen LogP contribution is 2.30. The number of carboxylic acids is 1. The lowest BCUT2D eigenvalue weighted by Gasteiger charge is -2.13. The minimum atomic E-state index is -3.96. The van der Waals surface area contributed by atoms with Crippen molar-refractivity contribution in [3.8, 4) is 0 Å². The van der Waals surface area contributed by atoms with E-state index in [1.54, 1.807) is 6.92 Å². The van der Waals surface area contributed by atoms with E-state index in [-0.39, 0.29) is 17.1 Å². The van der Waals surface area contributed by atoms with Gasteiger partial charge >= 0.3 is 11.9 Å². The SMILES string of the molecule is COC(=O)CC[C@H](NS(=O)(=O)c1cc(C)c(Br)s1)C(=O)O. The largest absolute Gasteiger partial charge is 0.480 e. The summed E-state index contributed by atoms with van der Waals surface area (Å²) in [6.07, 6.45) is -0.379. The van der Waals surface area contributed by atoms with Crippen LogP contribution in [-0.2, 0) is 24.3 Å². The van der Waals surface area contributed by atoms with Crippen molar-refractivity contribution in [2.24, 2.45) is 0 Å². The lowest BCUT2D eigenvalue weighted by Crippen LogP contribution is -2.40. The van der Waals surface area contributed by atoms with Gasteiger partial charge in [0.1, 0.15) is 10.3 Å². The highest BCUT2D eigenvalue weighted by atomic mass is 79.9. The van der Waals surface area contributed by atoms with Gasteiger partial charge in [0.15, 0.2) is 0 Å². The molecule has 0 aliphatic carbocycles. The standard InChI is InChI=1S/C11H14BrNO6S2/c1-6-5-9(20-10(6)12)21(17,18)13-7(11(15)16)3-4-8(14)19-2/h5,7,13H,3-4H2,1-2H3,(H,15,16)/t7-/m0/s1. The summed E-state index contributed by atoms with van der Waals surface area (Å²) in [4.78, 5) is 22.1. The van der Waals surface area contributed by atoms with Crippen LogP contribution in [0, 0.1) is 6.92 Å². The smallest absolute Gasteiger partial charge is 0.321 e. The highest BCUT2D eigenvalue weighted by Gasteiger charge is 2.27. The first-order valence-electron chi connectivity index (χ1n) is 5.75. The maximum absolute atomic E-state index is 12.1. The minimum absolute atomic E-state index is 0.0104. The van der Waals surface area contributed by atoms with Crippen LogP contribution >= 0.6 is 27.3 Å². The van der Waals surface area contributed by atoms with Crippen molar-refractivity contribution in [1.82, 2.24) is 4.72 Å². The molecule has 118 valence electrons. The number of carbonyl (C=O) groups is 2. The van der Waals surface area contributed by atoms with Crippen molar-refractivity contribution in [2.45, 2.75) is 30.0 Å². The monoisotopic (exact) mass is 399 g/mol. The van der Waals surface area contributed by atoms with Gasteiger partial charge < -0.3 is 9.84 Å². The number of halogens is 1. The normalized spacial score (nSPS) is 12.9. The summed E-state index contributed by atoms with van der Waals surface area (Å²) < 4.78 is 31.4. The molecule has 0 aliphatic rings. The maximum atomic E-state index is 12.1. The molecule has 21 heavy (non-hydrogen) atoms. The summed E-state index contributed by atoms with van der Waals surface area (Å²) in [6.45, 7) is 1.73. The number of aryl methyl sites for hydroxylation is 1. The Morgan fingerprint density at radius 3 is 2.57 bits per heavy atom. The van der Waals surface area contributed by atoms with Crippen LogP contribution in [0.25, 0.3) is 0 Å². The molecular formula is C11H14BrNO6S2. The predicted octanol–water partition coefficient (Wildman–Crippen LogP) is 1.50. The molecule has 7 nitrogen and oxygen atoms in total. The van der Waals surface area contributed by atoms with Gasteiger partial charge in [0.05, 0.1) is 10.9 Å². The van der Waals surface area contributed by atoms with E-state index in [1.807, 2.05) is 0 Å². The first-order chi connectivity index (χ1) is 9.67. The van der Waals surface area contributed by atoms with E-state index in [4.69, 9.17) is 5.11 Å². The highest BCUT2D eigenvalue weighted by molar-refractivity contribution is 9.11. The average molecular weight is 400 g/mol. The van der Waals surface area contributed by atoms with Gasteiger partial charge in [0.2, 0.25) is 0 Å². The van der Waals surface area contributed by atoms with Gasteiger partial charge in [-0.25, -0.2) is 8.42 Å². The summed E-state index contributed by atoms with van der Waals surface area (Å²) in [5, 5.41) is 9.04. The van der Waals surface area contributed by atoms with Crippen LogP contribution in [0.5, 0.6) is 0 Å². The van der Waals surface area contributed by atoms with Gasteiger partial charge in [0, 0.05) is 6.42 Å². The Kier molecular flexibility index (Phi) is 6.32. The average Bonchev–Trinajstić information content (AvgIpc) is 2.74. The van der Waals surface area contributed by atoms with Crippen molar-refractivity contribution in [1.29, 1.82) is 0 Å². The number of hydrogen-bond acceptors (Lipinski definition) is 6. The molecule has 1 heterocycles. The Bertz CT molecular complexity index is 620. The fraction of sp³-hybridized carbons (Fsp3) is 0.455.